The van der Waals surface area contributed by atoms with Gasteiger partial charge in [0.25, 0.3) is 0 Å². The minimum atomic E-state index is -4.02. The monoisotopic (exact) mass is 471 g/mol. The predicted octanol–water partition coefficient (Wildman–Crippen LogP) is 2.20. The van der Waals surface area contributed by atoms with E-state index in [1.165, 1.54) is 4.90 Å². The Morgan fingerprint density at radius 2 is 1.91 bits per heavy atom. The molecule has 32 heavy (non-hydrogen) atoms. The minimum Gasteiger partial charge on any atom is -0.376 e. The summed E-state index contributed by atoms with van der Waals surface area (Å²) < 4.78 is 46.1. The van der Waals surface area contributed by atoms with Crippen LogP contribution in [0.4, 0.5) is 4.39 Å². The number of carbonyl (C=O) groups excluding carboxylic acids is 2. The van der Waals surface area contributed by atoms with Crippen LogP contribution in [0.2, 0.25) is 0 Å². The molecule has 10 heteroatoms. The summed E-state index contributed by atoms with van der Waals surface area (Å²) in [5.74, 6) is -1.36. The number of halogens is 1. The second kappa shape index (κ2) is 11.2. The van der Waals surface area contributed by atoms with Crippen LogP contribution < -0.4 is 10.0 Å². The number of carbonyl (C=O) groups is 2. The molecule has 1 fully saturated rings. The van der Waals surface area contributed by atoms with Gasteiger partial charge < -0.3 is 15.0 Å². The molecule has 0 spiro atoms. The number of nitrogens with one attached hydrogen (secondary N) is 2. The van der Waals surface area contributed by atoms with E-state index < -0.39 is 39.9 Å². The van der Waals surface area contributed by atoms with Gasteiger partial charge in [0.2, 0.25) is 21.8 Å². The molecule has 1 aromatic carbocycles. The third-order valence-corrected chi connectivity index (χ3v) is 6.44. The highest BCUT2D eigenvalue weighted by atomic mass is 32.2. The molecule has 1 aliphatic heterocycles. The number of hydrogen-bond donors (Lipinski definition) is 2. The first-order valence-corrected chi connectivity index (χ1v) is 12.4. The average molecular weight is 472 g/mol. The van der Waals surface area contributed by atoms with Crippen molar-refractivity contribution in [1.82, 2.24) is 14.9 Å². The molecule has 0 aromatic heterocycles. The summed E-state index contributed by atoms with van der Waals surface area (Å²) in [4.78, 5) is 27.4. The second-order valence-corrected chi connectivity index (χ2v) is 10.8. The summed E-state index contributed by atoms with van der Waals surface area (Å²) in [5.41, 5.74) is -0.480. The van der Waals surface area contributed by atoms with Crippen molar-refractivity contribution in [1.29, 1.82) is 0 Å². The van der Waals surface area contributed by atoms with E-state index in [0.29, 0.717) is 19.4 Å². The molecule has 2 N–H and O–H groups in total. The summed E-state index contributed by atoms with van der Waals surface area (Å²) in [6.07, 6.45) is 2.54. The second-order valence-electron chi connectivity index (χ2n) is 9.00. The smallest absolute Gasteiger partial charge is 0.243 e. The van der Waals surface area contributed by atoms with Crippen LogP contribution in [0.25, 0.3) is 0 Å². The lowest BCUT2D eigenvalue weighted by atomic mass is 10.0. The SMILES string of the molecule is CCC[C@H](C(=O)NC(C)(C)C)N(C[C@H]1CCCO1)C(=O)CNS(=O)(=O)c1ccc(F)cc1. The number of hydrogen-bond acceptors (Lipinski definition) is 5. The van der Waals surface area contributed by atoms with Gasteiger partial charge in [0.05, 0.1) is 17.5 Å². The van der Waals surface area contributed by atoms with E-state index in [1.54, 1.807) is 0 Å². The molecule has 0 radical (unpaired) electrons. The molecule has 2 amide bonds. The van der Waals surface area contributed by atoms with Gasteiger partial charge in [0.15, 0.2) is 0 Å². The van der Waals surface area contributed by atoms with Crippen molar-refractivity contribution in [2.75, 3.05) is 19.7 Å². The Kier molecular flexibility index (Phi) is 9.18. The number of amides is 2. The van der Waals surface area contributed by atoms with Crippen LogP contribution >= 0.6 is 0 Å². The molecule has 1 aromatic rings. The Balaban J connectivity index is 2.20. The number of benzene rings is 1. The van der Waals surface area contributed by atoms with Crippen LogP contribution in [0.1, 0.15) is 53.4 Å². The normalized spacial score (nSPS) is 17.7. The molecule has 1 heterocycles. The van der Waals surface area contributed by atoms with E-state index in [2.05, 4.69) is 10.0 Å². The molecule has 2 rings (SSSR count). The molecular weight excluding hydrogens is 437 g/mol. The third kappa shape index (κ3) is 7.83. The van der Waals surface area contributed by atoms with Crippen LogP contribution in [-0.4, -0.2) is 62.5 Å². The maximum atomic E-state index is 13.2. The zero-order valence-electron chi connectivity index (χ0n) is 19.2. The Bertz CT molecular complexity index is 878. The first-order chi connectivity index (χ1) is 14.9. The lowest BCUT2D eigenvalue weighted by Gasteiger charge is -2.34. The Hall–Kier alpha value is -2.04. The van der Waals surface area contributed by atoms with E-state index in [9.17, 15) is 22.4 Å². The summed E-state index contributed by atoms with van der Waals surface area (Å²) in [6.45, 7) is 7.78. The van der Waals surface area contributed by atoms with Crippen molar-refractivity contribution in [3.63, 3.8) is 0 Å². The number of nitrogens with zero attached hydrogens (tertiary/aromatic N) is 1. The van der Waals surface area contributed by atoms with Crippen molar-refractivity contribution in [2.24, 2.45) is 0 Å². The topological polar surface area (TPSA) is 105 Å². The number of sulfonamides is 1. The summed E-state index contributed by atoms with van der Waals surface area (Å²) in [5, 5.41) is 2.92. The van der Waals surface area contributed by atoms with E-state index in [1.807, 2.05) is 27.7 Å². The third-order valence-electron chi connectivity index (χ3n) is 5.02. The Labute approximate surface area is 189 Å². The molecule has 0 bridgehead atoms. The van der Waals surface area contributed by atoms with Gasteiger partial charge in [-0.3, -0.25) is 9.59 Å². The number of rotatable bonds is 10. The molecule has 1 aliphatic rings. The molecule has 0 saturated carbocycles. The first-order valence-electron chi connectivity index (χ1n) is 10.9. The molecule has 0 aliphatic carbocycles. The lowest BCUT2D eigenvalue weighted by Crippen LogP contribution is -2.56. The quantitative estimate of drug-likeness (QED) is 0.544. The van der Waals surface area contributed by atoms with Gasteiger partial charge in [-0.2, -0.15) is 0 Å². The van der Waals surface area contributed by atoms with E-state index >= 15 is 0 Å². The van der Waals surface area contributed by atoms with Crippen molar-refractivity contribution < 1.29 is 27.1 Å². The van der Waals surface area contributed by atoms with Gasteiger partial charge in [-0.25, -0.2) is 17.5 Å². The van der Waals surface area contributed by atoms with Crippen molar-refractivity contribution in [2.45, 2.75) is 76.0 Å². The first kappa shape index (κ1) is 26.2. The highest BCUT2D eigenvalue weighted by Gasteiger charge is 2.34. The van der Waals surface area contributed by atoms with E-state index in [4.69, 9.17) is 4.74 Å². The molecule has 180 valence electrons. The predicted molar refractivity (Wildman–Crippen MR) is 119 cm³/mol. The average Bonchev–Trinajstić information content (AvgIpc) is 3.21. The van der Waals surface area contributed by atoms with Crippen LogP contribution in [0.5, 0.6) is 0 Å². The Morgan fingerprint density at radius 1 is 1.25 bits per heavy atom. The van der Waals surface area contributed by atoms with Crippen molar-refractivity contribution in [3.8, 4) is 0 Å². The summed E-state index contributed by atoms with van der Waals surface area (Å²) in [6, 6.07) is 3.58. The number of ether oxygens (including phenoxy) is 1. The largest absolute Gasteiger partial charge is 0.376 e. The van der Waals surface area contributed by atoms with Gasteiger partial charge in [-0.15, -0.1) is 0 Å². The molecular formula is C22H34FN3O5S. The highest BCUT2D eigenvalue weighted by Crippen LogP contribution is 2.18. The van der Waals surface area contributed by atoms with Crippen LogP contribution in [0.3, 0.4) is 0 Å². The van der Waals surface area contributed by atoms with Gasteiger partial charge >= 0.3 is 0 Å². The highest BCUT2D eigenvalue weighted by molar-refractivity contribution is 7.89. The minimum absolute atomic E-state index is 0.145. The van der Waals surface area contributed by atoms with Gasteiger partial charge in [-0.05, 0) is 64.3 Å². The summed E-state index contributed by atoms with van der Waals surface area (Å²) >= 11 is 0. The van der Waals surface area contributed by atoms with Crippen LogP contribution in [-0.2, 0) is 24.3 Å². The fraction of sp³-hybridized carbons (Fsp3) is 0.636. The van der Waals surface area contributed by atoms with Crippen molar-refractivity contribution >= 4 is 21.8 Å². The van der Waals surface area contributed by atoms with Crippen molar-refractivity contribution in [3.05, 3.63) is 30.1 Å². The molecule has 1 saturated heterocycles. The van der Waals surface area contributed by atoms with E-state index in [0.717, 1.165) is 37.1 Å². The summed E-state index contributed by atoms with van der Waals surface area (Å²) in [7, 11) is -4.02. The van der Waals surface area contributed by atoms with Gasteiger partial charge in [-0.1, -0.05) is 13.3 Å². The van der Waals surface area contributed by atoms with Gasteiger partial charge in [0, 0.05) is 18.7 Å². The molecule has 0 unspecified atom stereocenters. The molecule has 8 nitrogen and oxygen atoms in total. The van der Waals surface area contributed by atoms with Crippen LogP contribution in [0, 0.1) is 5.82 Å². The Morgan fingerprint density at radius 3 is 2.44 bits per heavy atom. The standard InChI is InChI=1S/C22H34FN3O5S/c1-5-7-19(21(28)25-22(2,3)4)26(15-17-8-6-13-31-17)20(27)14-24-32(29,30)18-11-9-16(23)10-12-18/h9-12,17,19,24H,5-8,13-15H2,1-4H3,(H,25,28)/t17-,19-/m1/s1. The zero-order chi connectivity index (χ0) is 23.9. The van der Waals surface area contributed by atoms with Crippen LogP contribution in [0.15, 0.2) is 29.2 Å². The lowest BCUT2D eigenvalue weighted by molar-refractivity contribution is -0.142. The maximum Gasteiger partial charge on any atom is 0.243 e. The molecule has 2 atom stereocenters. The van der Waals surface area contributed by atoms with Gasteiger partial charge in [0.1, 0.15) is 11.9 Å². The maximum absolute atomic E-state index is 13.2. The fourth-order valence-electron chi connectivity index (χ4n) is 3.52. The fourth-order valence-corrected chi connectivity index (χ4v) is 4.50. The van der Waals surface area contributed by atoms with E-state index in [-0.39, 0.29) is 23.5 Å². The zero-order valence-corrected chi connectivity index (χ0v) is 20.0.